The summed E-state index contributed by atoms with van der Waals surface area (Å²) in [6.45, 7) is -0.489. The second kappa shape index (κ2) is 11.7. The molecule has 0 bridgehead atoms. The van der Waals surface area contributed by atoms with Crippen LogP contribution in [0.15, 0.2) is 48.5 Å². The molecule has 33 heavy (non-hydrogen) atoms. The molecule has 8 heteroatoms. The van der Waals surface area contributed by atoms with Crippen LogP contribution in [0.3, 0.4) is 0 Å². The lowest BCUT2D eigenvalue weighted by Gasteiger charge is -2.15. The first-order valence-electron chi connectivity index (χ1n) is 10.8. The minimum Gasteiger partial charge on any atom is -0.497 e. The molecule has 1 fully saturated rings. The SMILES string of the molecule is COc1ccc(OC)c(/C=C\C(=O)OCC(=O)Nc2ccccc2C(=O)NC2CCCC2)c1. The Bertz CT molecular complexity index is 1030. The van der Waals surface area contributed by atoms with Gasteiger partial charge < -0.3 is 24.8 Å². The highest BCUT2D eigenvalue weighted by Gasteiger charge is 2.20. The van der Waals surface area contributed by atoms with E-state index in [-0.39, 0.29) is 11.9 Å². The monoisotopic (exact) mass is 452 g/mol. The molecular weight excluding hydrogens is 424 g/mol. The van der Waals surface area contributed by atoms with E-state index in [1.54, 1.807) is 49.6 Å². The number of rotatable bonds is 9. The van der Waals surface area contributed by atoms with E-state index in [1.165, 1.54) is 19.3 Å². The Labute approximate surface area is 192 Å². The molecule has 1 aliphatic rings. The summed E-state index contributed by atoms with van der Waals surface area (Å²) in [7, 11) is 3.06. The van der Waals surface area contributed by atoms with Crippen LogP contribution in [0.2, 0.25) is 0 Å². The summed E-state index contributed by atoms with van der Waals surface area (Å²) in [6.07, 6.45) is 6.86. The van der Waals surface area contributed by atoms with E-state index in [2.05, 4.69) is 10.6 Å². The quantitative estimate of drug-likeness (QED) is 0.445. The van der Waals surface area contributed by atoms with Crippen molar-refractivity contribution in [2.75, 3.05) is 26.1 Å². The number of para-hydroxylation sites is 1. The molecule has 0 spiro atoms. The number of esters is 1. The van der Waals surface area contributed by atoms with Crippen molar-refractivity contribution in [3.05, 3.63) is 59.7 Å². The van der Waals surface area contributed by atoms with E-state index in [0.717, 1.165) is 25.7 Å². The molecule has 174 valence electrons. The largest absolute Gasteiger partial charge is 0.497 e. The number of methoxy groups -OCH3 is 2. The summed E-state index contributed by atoms with van der Waals surface area (Å²) < 4.78 is 15.5. The normalized spacial score (nSPS) is 13.5. The molecule has 1 aliphatic carbocycles. The van der Waals surface area contributed by atoms with Gasteiger partial charge in [0.1, 0.15) is 11.5 Å². The van der Waals surface area contributed by atoms with Crippen molar-refractivity contribution in [1.82, 2.24) is 5.32 Å². The Morgan fingerprint density at radius 1 is 1.03 bits per heavy atom. The first-order valence-corrected chi connectivity index (χ1v) is 10.8. The molecule has 2 amide bonds. The van der Waals surface area contributed by atoms with Crippen LogP contribution in [0.1, 0.15) is 41.6 Å². The zero-order valence-corrected chi connectivity index (χ0v) is 18.8. The molecule has 0 aromatic heterocycles. The summed E-state index contributed by atoms with van der Waals surface area (Å²) in [5.41, 5.74) is 1.36. The van der Waals surface area contributed by atoms with Gasteiger partial charge in [0, 0.05) is 17.7 Å². The molecule has 1 saturated carbocycles. The molecule has 2 aromatic rings. The molecule has 0 heterocycles. The maximum absolute atomic E-state index is 12.6. The number of amides is 2. The molecule has 0 atom stereocenters. The fraction of sp³-hybridized carbons (Fsp3) is 0.320. The maximum atomic E-state index is 12.6. The Hall–Kier alpha value is -3.81. The number of ether oxygens (including phenoxy) is 3. The average Bonchev–Trinajstić information content (AvgIpc) is 3.34. The van der Waals surface area contributed by atoms with E-state index < -0.39 is 18.5 Å². The van der Waals surface area contributed by atoms with Crippen LogP contribution in [0, 0.1) is 0 Å². The van der Waals surface area contributed by atoms with Crippen LogP contribution in [0.25, 0.3) is 6.08 Å². The van der Waals surface area contributed by atoms with Gasteiger partial charge in [0.05, 0.1) is 25.5 Å². The Kier molecular flexibility index (Phi) is 8.46. The molecule has 2 aromatic carbocycles. The van der Waals surface area contributed by atoms with Crippen LogP contribution in [0.5, 0.6) is 11.5 Å². The summed E-state index contributed by atoms with van der Waals surface area (Å²) in [6, 6.07) is 12.1. The topological polar surface area (TPSA) is 103 Å². The number of hydrogen-bond donors (Lipinski definition) is 2. The van der Waals surface area contributed by atoms with Crippen molar-refractivity contribution >= 4 is 29.5 Å². The summed E-state index contributed by atoms with van der Waals surface area (Å²) in [5, 5.41) is 5.65. The van der Waals surface area contributed by atoms with Gasteiger partial charge in [-0.1, -0.05) is 25.0 Å². The average molecular weight is 453 g/mol. The Morgan fingerprint density at radius 3 is 2.52 bits per heavy atom. The minimum atomic E-state index is -0.692. The second-order valence-electron chi connectivity index (χ2n) is 7.60. The lowest BCUT2D eigenvalue weighted by atomic mass is 10.1. The van der Waals surface area contributed by atoms with Gasteiger partial charge in [0.2, 0.25) is 0 Å². The van der Waals surface area contributed by atoms with E-state index in [4.69, 9.17) is 14.2 Å². The van der Waals surface area contributed by atoms with Crippen molar-refractivity contribution in [3.8, 4) is 11.5 Å². The predicted octanol–water partition coefficient (Wildman–Crippen LogP) is 3.57. The van der Waals surface area contributed by atoms with Crippen molar-refractivity contribution in [2.24, 2.45) is 0 Å². The van der Waals surface area contributed by atoms with Gasteiger partial charge in [0.15, 0.2) is 6.61 Å². The van der Waals surface area contributed by atoms with E-state index >= 15 is 0 Å². The number of carbonyl (C=O) groups excluding carboxylic acids is 3. The molecule has 3 rings (SSSR count). The van der Waals surface area contributed by atoms with E-state index in [0.29, 0.717) is 28.3 Å². The van der Waals surface area contributed by atoms with Gasteiger partial charge in [-0.15, -0.1) is 0 Å². The summed E-state index contributed by atoms with van der Waals surface area (Å²) in [5.74, 6) is -0.298. The van der Waals surface area contributed by atoms with Gasteiger partial charge in [-0.25, -0.2) is 4.79 Å². The number of benzene rings is 2. The van der Waals surface area contributed by atoms with E-state index in [1.807, 2.05) is 0 Å². The second-order valence-corrected chi connectivity index (χ2v) is 7.60. The van der Waals surface area contributed by atoms with Crippen molar-refractivity contribution in [3.63, 3.8) is 0 Å². The first-order chi connectivity index (χ1) is 16.0. The minimum absolute atomic E-state index is 0.164. The summed E-state index contributed by atoms with van der Waals surface area (Å²) >= 11 is 0. The molecule has 8 nitrogen and oxygen atoms in total. The highest BCUT2D eigenvalue weighted by atomic mass is 16.5. The van der Waals surface area contributed by atoms with Crippen LogP contribution in [0.4, 0.5) is 5.69 Å². The highest BCUT2D eigenvalue weighted by molar-refractivity contribution is 6.04. The van der Waals surface area contributed by atoms with Crippen LogP contribution >= 0.6 is 0 Å². The predicted molar refractivity (Wildman–Crippen MR) is 124 cm³/mol. The van der Waals surface area contributed by atoms with Crippen LogP contribution < -0.4 is 20.1 Å². The Balaban J connectivity index is 1.55. The third kappa shape index (κ3) is 6.83. The third-order valence-electron chi connectivity index (χ3n) is 5.32. The molecule has 0 radical (unpaired) electrons. The fourth-order valence-electron chi connectivity index (χ4n) is 3.62. The number of anilines is 1. The highest BCUT2D eigenvalue weighted by Crippen LogP contribution is 2.25. The summed E-state index contributed by atoms with van der Waals surface area (Å²) in [4.78, 5) is 37.0. The smallest absolute Gasteiger partial charge is 0.331 e. The van der Waals surface area contributed by atoms with Crippen molar-refractivity contribution in [2.45, 2.75) is 31.7 Å². The molecule has 0 unspecified atom stereocenters. The van der Waals surface area contributed by atoms with Gasteiger partial charge in [-0.05, 0) is 49.2 Å². The van der Waals surface area contributed by atoms with Crippen molar-refractivity contribution in [1.29, 1.82) is 0 Å². The van der Waals surface area contributed by atoms with Gasteiger partial charge in [-0.2, -0.15) is 0 Å². The van der Waals surface area contributed by atoms with E-state index in [9.17, 15) is 14.4 Å². The van der Waals surface area contributed by atoms with Gasteiger partial charge >= 0.3 is 5.97 Å². The van der Waals surface area contributed by atoms with Gasteiger partial charge in [-0.3, -0.25) is 9.59 Å². The standard InChI is InChI=1S/C25H28N2O6/c1-31-19-12-13-22(32-2)17(15-19)11-14-24(29)33-16-23(28)27-21-10-6-5-9-20(21)25(30)26-18-7-3-4-8-18/h5-6,9-15,18H,3-4,7-8,16H2,1-2H3,(H,26,30)(H,27,28)/b14-11-. The molecule has 0 aliphatic heterocycles. The number of hydrogen-bond acceptors (Lipinski definition) is 6. The zero-order chi connectivity index (χ0) is 23.6. The molecular formula is C25H28N2O6. The maximum Gasteiger partial charge on any atom is 0.331 e. The van der Waals surface area contributed by atoms with Crippen LogP contribution in [-0.2, 0) is 14.3 Å². The Morgan fingerprint density at radius 2 is 1.79 bits per heavy atom. The molecule has 2 N–H and O–H groups in total. The first kappa shape index (κ1) is 23.8. The van der Waals surface area contributed by atoms with Crippen molar-refractivity contribution < 1.29 is 28.6 Å². The lowest BCUT2D eigenvalue weighted by Crippen LogP contribution is -2.33. The van der Waals surface area contributed by atoms with Crippen LogP contribution in [-0.4, -0.2) is 44.7 Å². The molecule has 0 saturated heterocycles. The lowest BCUT2D eigenvalue weighted by molar-refractivity contribution is -0.142. The zero-order valence-electron chi connectivity index (χ0n) is 18.8. The number of nitrogens with one attached hydrogen (secondary N) is 2. The fourth-order valence-corrected chi connectivity index (χ4v) is 3.62. The number of carbonyl (C=O) groups is 3. The van der Waals surface area contributed by atoms with Gasteiger partial charge in [0.25, 0.3) is 11.8 Å². The third-order valence-corrected chi connectivity index (χ3v) is 5.32.